The number of rotatable bonds is 4. The SMILES string of the molecule is COc1cc(C)cc(C)c1CN(C)C(C)C#N. The summed E-state index contributed by atoms with van der Waals surface area (Å²) in [6.45, 7) is 6.76. The summed E-state index contributed by atoms with van der Waals surface area (Å²) in [7, 11) is 3.64. The van der Waals surface area contributed by atoms with Gasteiger partial charge in [0.25, 0.3) is 0 Å². The average molecular weight is 232 g/mol. The van der Waals surface area contributed by atoms with E-state index in [-0.39, 0.29) is 6.04 Å². The van der Waals surface area contributed by atoms with Crippen molar-refractivity contribution in [2.24, 2.45) is 0 Å². The van der Waals surface area contributed by atoms with Gasteiger partial charge in [0.2, 0.25) is 0 Å². The number of ether oxygens (including phenoxy) is 1. The standard InChI is InChI=1S/C14H20N2O/c1-10-6-11(2)13(14(7-10)17-5)9-16(4)12(3)8-15/h6-7,12H,9H2,1-5H3. The fraction of sp³-hybridized carbons (Fsp3) is 0.500. The van der Waals surface area contributed by atoms with E-state index < -0.39 is 0 Å². The van der Waals surface area contributed by atoms with E-state index in [1.54, 1.807) is 7.11 Å². The highest BCUT2D eigenvalue weighted by molar-refractivity contribution is 5.43. The van der Waals surface area contributed by atoms with Crippen LogP contribution in [0, 0.1) is 25.2 Å². The molecule has 0 saturated carbocycles. The summed E-state index contributed by atoms with van der Waals surface area (Å²) < 4.78 is 5.41. The first-order valence-electron chi connectivity index (χ1n) is 5.73. The molecule has 0 aliphatic heterocycles. The molecule has 1 aromatic carbocycles. The van der Waals surface area contributed by atoms with E-state index in [2.05, 4.69) is 26.0 Å². The van der Waals surface area contributed by atoms with Gasteiger partial charge in [0.05, 0.1) is 19.2 Å². The molecule has 0 aromatic heterocycles. The van der Waals surface area contributed by atoms with Crippen molar-refractivity contribution in [3.05, 3.63) is 28.8 Å². The monoisotopic (exact) mass is 232 g/mol. The molecule has 0 aliphatic carbocycles. The van der Waals surface area contributed by atoms with Gasteiger partial charge in [-0.3, -0.25) is 4.90 Å². The van der Waals surface area contributed by atoms with Gasteiger partial charge in [-0.15, -0.1) is 0 Å². The lowest BCUT2D eigenvalue weighted by atomic mass is 10.0. The van der Waals surface area contributed by atoms with Gasteiger partial charge in [-0.25, -0.2) is 0 Å². The highest BCUT2D eigenvalue weighted by atomic mass is 16.5. The first-order valence-corrected chi connectivity index (χ1v) is 5.73. The van der Waals surface area contributed by atoms with Crippen LogP contribution < -0.4 is 4.74 Å². The number of benzene rings is 1. The van der Waals surface area contributed by atoms with Crippen molar-refractivity contribution in [3.63, 3.8) is 0 Å². The zero-order valence-corrected chi connectivity index (χ0v) is 11.2. The Morgan fingerprint density at radius 3 is 2.59 bits per heavy atom. The maximum Gasteiger partial charge on any atom is 0.123 e. The molecule has 1 aromatic rings. The smallest absolute Gasteiger partial charge is 0.123 e. The molecular formula is C14H20N2O. The first kappa shape index (κ1) is 13.5. The van der Waals surface area contributed by atoms with Crippen molar-refractivity contribution in [3.8, 4) is 11.8 Å². The number of hydrogen-bond acceptors (Lipinski definition) is 3. The Bertz CT molecular complexity index is 435. The number of methoxy groups -OCH3 is 1. The predicted molar refractivity (Wildman–Crippen MR) is 69.0 cm³/mol. The highest BCUT2D eigenvalue weighted by Gasteiger charge is 2.13. The fourth-order valence-corrected chi connectivity index (χ4v) is 1.83. The van der Waals surface area contributed by atoms with Crippen molar-refractivity contribution < 1.29 is 4.74 Å². The van der Waals surface area contributed by atoms with Crippen molar-refractivity contribution >= 4 is 0 Å². The third-order valence-corrected chi connectivity index (χ3v) is 3.05. The second kappa shape index (κ2) is 5.70. The normalized spacial score (nSPS) is 12.3. The molecule has 17 heavy (non-hydrogen) atoms. The van der Waals surface area contributed by atoms with Crippen LogP contribution in [-0.2, 0) is 6.54 Å². The molecule has 0 bridgehead atoms. The molecule has 0 aliphatic rings. The number of aryl methyl sites for hydroxylation is 2. The summed E-state index contributed by atoms with van der Waals surface area (Å²) >= 11 is 0. The molecule has 1 atom stereocenters. The van der Waals surface area contributed by atoms with Crippen molar-refractivity contribution in [1.29, 1.82) is 5.26 Å². The van der Waals surface area contributed by atoms with Crippen molar-refractivity contribution in [2.75, 3.05) is 14.2 Å². The topological polar surface area (TPSA) is 36.3 Å². The van der Waals surface area contributed by atoms with Gasteiger partial charge in [-0.1, -0.05) is 6.07 Å². The lowest BCUT2D eigenvalue weighted by Crippen LogP contribution is -2.27. The molecule has 0 saturated heterocycles. The number of hydrogen-bond donors (Lipinski definition) is 0. The second-order valence-corrected chi connectivity index (χ2v) is 4.48. The third kappa shape index (κ3) is 3.21. The van der Waals surface area contributed by atoms with Crippen LogP contribution >= 0.6 is 0 Å². The van der Waals surface area contributed by atoms with Gasteiger partial charge >= 0.3 is 0 Å². The molecule has 3 nitrogen and oxygen atoms in total. The molecule has 0 heterocycles. The van der Waals surface area contributed by atoms with Gasteiger partial charge in [-0.05, 0) is 45.0 Å². The van der Waals surface area contributed by atoms with Crippen LogP contribution in [-0.4, -0.2) is 25.1 Å². The van der Waals surface area contributed by atoms with Crippen molar-refractivity contribution in [2.45, 2.75) is 33.4 Å². The fourth-order valence-electron chi connectivity index (χ4n) is 1.83. The largest absolute Gasteiger partial charge is 0.496 e. The minimum Gasteiger partial charge on any atom is -0.496 e. The van der Waals surface area contributed by atoms with Gasteiger partial charge in [-0.2, -0.15) is 5.26 Å². The van der Waals surface area contributed by atoms with E-state index >= 15 is 0 Å². The Kier molecular flexibility index (Phi) is 4.53. The second-order valence-electron chi connectivity index (χ2n) is 4.48. The minimum absolute atomic E-state index is 0.0968. The van der Waals surface area contributed by atoms with Gasteiger partial charge in [0.1, 0.15) is 5.75 Å². The zero-order valence-electron chi connectivity index (χ0n) is 11.2. The molecule has 92 valence electrons. The van der Waals surface area contributed by atoms with Crippen LogP contribution in [0.15, 0.2) is 12.1 Å². The van der Waals surface area contributed by atoms with E-state index in [1.165, 1.54) is 11.1 Å². The quantitative estimate of drug-likeness (QED) is 0.800. The Balaban J connectivity index is 3.02. The van der Waals surface area contributed by atoms with Gasteiger partial charge in [0, 0.05) is 12.1 Å². The Morgan fingerprint density at radius 2 is 2.06 bits per heavy atom. The molecule has 1 unspecified atom stereocenters. The van der Waals surface area contributed by atoms with E-state index in [1.807, 2.05) is 24.9 Å². The van der Waals surface area contributed by atoms with Crippen LogP contribution in [0.1, 0.15) is 23.6 Å². The van der Waals surface area contributed by atoms with E-state index in [9.17, 15) is 0 Å². The summed E-state index contributed by atoms with van der Waals surface area (Å²) in [5.74, 6) is 0.902. The van der Waals surface area contributed by atoms with Crippen LogP contribution in [0.4, 0.5) is 0 Å². The summed E-state index contributed by atoms with van der Waals surface area (Å²) in [6, 6.07) is 6.32. The van der Waals surface area contributed by atoms with E-state index in [0.717, 1.165) is 17.9 Å². The number of nitriles is 1. The molecule has 0 fully saturated rings. The minimum atomic E-state index is -0.0968. The average Bonchev–Trinajstić information content (AvgIpc) is 2.30. The van der Waals surface area contributed by atoms with Gasteiger partial charge < -0.3 is 4.74 Å². The zero-order chi connectivity index (χ0) is 13.0. The Hall–Kier alpha value is -1.53. The van der Waals surface area contributed by atoms with Gasteiger partial charge in [0.15, 0.2) is 0 Å². The van der Waals surface area contributed by atoms with Crippen LogP contribution in [0.3, 0.4) is 0 Å². The van der Waals surface area contributed by atoms with E-state index in [0.29, 0.717) is 0 Å². The molecule has 0 amide bonds. The Labute approximate surface area is 104 Å². The summed E-state index contributed by atoms with van der Waals surface area (Å²) in [5.41, 5.74) is 3.56. The Morgan fingerprint density at radius 1 is 1.41 bits per heavy atom. The highest BCUT2D eigenvalue weighted by Crippen LogP contribution is 2.25. The molecular weight excluding hydrogens is 212 g/mol. The van der Waals surface area contributed by atoms with Crippen LogP contribution in [0.25, 0.3) is 0 Å². The third-order valence-electron chi connectivity index (χ3n) is 3.05. The predicted octanol–water partition coefficient (Wildman–Crippen LogP) is 2.66. The van der Waals surface area contributed by atoms with Crippen LogP contribution in [0.2, 0.25) is 0 Å². The summed E-state index contributed by atoms with van der Waals surface area (Å²) in [4.78, 5) is 2.01. The molecule has 3 heteroatoms. The first-order chi connectivity index (χ1) is 7.99. The number of nitrogens with zero attached hydrogens (tertiary/aromatic N) is 2. The maximum atomic E-state index is 8.90. The lowest BCUT2D eigenvalue weighted by molar-refractivity contribution is 0.287. The van der Waals surface area contributed by atoms with Crippen molar-refractivity contribution in [1.82, 2.24) is 4.90 Å². The lowest BCUT2D eigenvalue weighted by Gasteiger charge is -2.22. The molecule has 0 N–H and O–H groups in total. The maximum absolute atomic E-state index is 8.90. The van der Waals surface area contributed by atoms with Crippen LogP contribution in [0.5, 0.6) is 5.75 Å². The van der Waals surface area contributed by atoms with E-state index in [4.69, 9.17) is 10.00 Å². The molecule has 0 spiro atoms. The molecule has 0 radical (unpaired) electrons. The summed E-state index contributed by atoms with van der Waals surface area (Å²) in [6.07, 6.45) is 0. The summed E-state index contributed by atoms with van der Waals surface area (Å²) in [5, 5.41) is 8.90. The molecule has 1 rings (SSSR count).